The highest BCUT2D eigenvalue weighted by atomic mass is 79.9. The molecule has 4 rings (SSSR count). The highest BCUT2D eigenvalue weighted by Crippen LogP contribution is 2.40. The molecule has 0 unspecified atom stereocenters. The quantitative estimate of drug-likeness (QED) is 0.353. The van der Waals surface area contributed by atoms with Gasteiger partial charge in [-0.3, -0.25) is 9.36 Å². The molecule has 0 aliphatic carbocycles. The maximum absolute atomic E-state index is 14.0. The summed E-state index contributed by atoms with van der Waals surface area (Å²) in [5.41, 5.74) is 1.64. The minimum Gasteiger partial charge on any atom is -0.496 e. The molecule has 0 amide bonds. The van der Waals surface area contributed by atoms with Crippen molar-refractivity contribution in [1.82, 2.24) is 4.57 Å². The van der Waals surface area contributed by atoms with E-state index in [-0.39, 0.29) is 17.2 Å². The van der Waals surface area contributed by atoms with E-state index in [0.29, 0.717) is 49.2 Å². The number of hydrogen-bond acceptors (Lipinski definition) is 9. The number of nitrogens with zero attached hydrogens (tertiary/aromatic N) is 2. The van der Waals surface area contributed by atoms with Crippen molar-refractivity contribution in [3.63, 3.8) is 0 Å². The molecule has 0 N–H and O–H groups in total. The fourth-order valence-corrected chi connectivity index (χ4v) is 5.87. The predicted octanol–water partition coefficient (Wildman–Crippen LogP) is 3.98. The number of esters is 1. The van der Waals surface area contributed by atoms with Crippen LogP contribution in [0.1, 0.15) is 37.9 Å². The summed E-state index contributed by atoms with van der Waals surface area (Å²) in [5, 5.41) is 0. The van der Waals surface area contributed by atoms with Crippen LogP contribution < -0.4 is 33.8 Å². The van der Waals surface area contributed by atoms with E-state index >= 15 is 0 Å². The van der Waals surface area contributed by atoms with Crippen LogP contribution in [0.2, 0.25) is 0 Å². The Balaban J connectivity index is 2.02. The van der Waals surface area contributed by atoms with E-state index in [1.807, 2.05) is 12.1 Å². The molecule has 2 heterocycles. The molecule has 0 fully saturated rings. The van der Waals surface area contributed by atoms with Gasteiger partial charge in [0.05, 0.1) is 50.3 Å². The highest BCUT2D eigenvalue weighted by Gasteiger charge is 2.35. The number of thiazole rings is 1. The van der Waals surface area contributed by atoms with Gasteiger partial charge in [0, 0.05) is 15.6 Å². The Labute approximate surface area is 238 Å². The molecule has 0 saturated heterocycles. The zero-order valence-corrected chi connectivity index (χ0v) is 25.1. The number of methoxy groups -OCH3 is 4. The summed E-state index contributed by atoms with van der Waals surface area (Å²) in [6.07, 6.45) is 1.36. The van der Waals surface area contributed by atoms with Crippen LogP contribution in [0.3, 0.4) is 0 Å². The first-order chi connectivity index (χ1) is 18.6. The van der Waals surface area contributed by atoms with Gasteiger partial charge < -0.3 is 23.7 Å². The third-order valence-corrected chi connectivity index (χ3v) is 7.57. The van der Waals surface area contributed by atoms with Gasteiger partial charge >= 0.3 is 5.97 Å². The summed E-state index contributed by atoms with van der Waals surface area (Å²) in [5.74, 6) is 1.30. The van der Waals surface area contributed by atoms with Gasteiger partial charge in [-0.2, -0.15) is 0 Å². The smallest absolute Gasteiger partial charge is 0.338 e. The lowest BCUT2D eigenvalue weighted by atomic mass is 9.95. The van der Waals surface area contributed by atoms with Gasteiger partial charge in [0.15, 0.2) is 16.3 Å². The van der Waals surface area contributed by atoms with Crippen molar-refractivity contribution in [2.45, 2.75) is 32.9 Å². The maximum Gasteiger partial charge on any atom is 0.338 e. The highest BCUT2D eigenvalue weighted by molar-refractivity contribution is 9.10. The van der Waals surface area contributed by atoms with Crippen molar-refractivity contribution >= 4 is 39.3 Å². The van der Waals surface area contributed by atoms with Gasteiger partial charge in [0.25, 0.3) is 5.56 Å². The van der Waals surface area contributed by atoms with Crippen LogP contribution in [0.15, 0.2) is 55.9 Å². The zero-order chi connectivity index (χ0) is 28.4. The molecule has 0 bridgehead atoms. The summed E-state index contributed by atoms with van der Waals surface area (Å²) in [6.45, 7) is 5.28. The third-order valence-electron chi connectivity index (χ3n) is 6.09. The molecule has 39 heavy (non-hydrogen) atoms. The van der Waals surface area contributed by atoms with Crippen molar-refractivity contribution in [1.29, 1.82) is 0 Å². The average molecular weight is 618 g/mol. The molecule has 1 atom stereocenters. The van der Waals surface area contributed by atoms with Gasteiger partial charge in [-0.15, -0.1) is 0 Å². The second kappa shape index (κ2) is 11.7. The number of allylic oxidation sites excluding steroid dienone is 1. The number of carbonyl (C=O) groups is 1. The molecular formula is C28H29BrN2O7S. The number of benzene rings is 2. The van der Waals surface area contributed by atoms with Gasteiger partial charge in [-0.1, -0.05) is 27.3 Å². The van der Waals surface area contributed by atoms with Crippen molar-refractivity contribution in [3.05, 3.63) is 76.9 Å². The Hall–Kier alpha value is -3.57. The van der Waals surface area contributed by atoms with Crippen molar-refractivity contribution in [2.75, 3.05) is 28.4 Å². The number of halogens is 1. The SMILES string of the molecule is COc1ccc(Br)cc1[C@@H]1C(C(=O)OC(C)C)=C(C)N=c2s/c(=C\c3ccc(OC)c(OC)c3OC)c(=O)n21. The molecule has 1 aromatic heterocycles. The number of hydrogen-bond donors (Lipinski definition) is 0. The Morgan fingerprint density at radius 3 is 2.31 bits per heavy atom. The summed E-state index contributed by atoms with van der Waals surface area (Å²) >= 11 is 4.72. The van der Waals surface area contributed by atoms with Crippen LogP contribution in [0.4, 0.5) is 0 Å². The first kappa shape index (κ1) is 28.4. The predicted molar refractivity (Wildman–Crippen MR) is 152 cm³/mol. The number of ether oxygens (including phenoxy) is 5. The largest absolute Gasteiger partial charge is 0.496 e. The van der Waals surface area contributed by atoms with E-state index < -0.39 is 12.0 Å². The number of aromatic nitrogens is 1. The number of carbonyl (C=O) groups excluding carboxylic acids is 1. The van der Waals surface area contributed by atoms with Crippen LogP contribution >= 0.6 is 27.3 Å². The van der Waals surface area contributed by atoms with E-state index in [9.17, 15) is 9.59 Å². The monoisotopic (exact) mass is 616 g/mol. The van der Waals surface area contributed by atoms with Gasteiger partial charge in [0.2, 0.25) is 5.75 Å². The van der Waals surface area contributed by atoms with Gasteiger partial charge in [0.1, 0.15) is 11.8 Å². The fourth-order valence-electron chi connectivity index (χ4n) is 4.45. The molecule has 2 aromatic carbocycles. The summed E-state index contributed by atoms with van der Waals surface area (Å²) < 4.78 is 30.4. The van der Waals surface area contributed by atoms with Crippen molar-refractivity contribution in [2.24, 2.45) is 4.99 Å². The fraction of sp³-hybridized carbons (Fsp3) is 0.321. The molecule has 3 aromatic rings. The van der Waals surface area contributed by atoms with E-state index in [4.69, 9.17) is 23.7 Å². The van der Waals surface area contributed by atoms with E-state index in [1.54, 1.807) is 52.2 Å². The lowest BCUT2D eigenvalue weighted by Gasteiger charge is -2.26. The van der Waals surface area contributed by atoms with E-state index in [1.165, 1.54) is 37.2 Å². The minimum atomic E-state index is -0.825. The average Bonchev–Trinajstić information content (AvgIpc) is 3.20. The molecule has 206 valence electrons. The molecule has 9 nitrogen and oxygen atoms in total. The van der Waals surface area contributed by atoms with Crippen molar-refractivity contribution < 1.29 is 28.5 Å². The zero-order valence-electron chi connectivity index (χ0n) is 22.7. The summed E-state index contributed by atoms with van der Waals surface area (Å²) in [6, 6.07) is 8.14. The maximum atomic E-state index is 14.0. The van der Waals surface area contributed by atoms with E-state index in [2.05, 4.69) is 20.9 Å². The van der Waals surface area contributed by atoms with Crippen LogP contribution in [0.25, 0.3) is 6.08 Å². The summed E-state index contributed by atoms with van der Waals surface area (Å²) in [4.78, 5) is 32.5. The van der Waals surface area contributed by atoms with Gasteiger partial charge in [-0.05, 0) is 57.2 Å². The molecule has 1 aliphatic heterocycles. The molecule has 1 aliphatic rings. The molecule has 0 spiro atoms. The lowest BCUT2D eigenvalue weighted by Crippen LogP contribution is -2.40. The van der Waals surface area contributed by atoms with Crippen LogP contribution in [0, 0.1) is 0 Å². The molecular weight excluding hydrogens is 588 g/mol. The Bertz CT molecular complexity index is 1640. The van der Waals surface area contributed by atoms with Crippen LogP contribution in [-0.2, 0) is 9.53 Å². The summed E-state index contributed by atoms with van der Waals surface area (Å²) in [7, 11) is 6.12. The number of fused-ring (bicyclic) bond motifs is 1. The second-order valence-corrected chi connectivity index (χ2v) is 10.8. The Kier molecular flexibility index (Phi) is 8.51. The normalized spacial score (nSPS) is 15.1. The van der Waals surface area contributed by atoms with Crippen molar-refractivity contribution in [3.8, 4) is 23.0 Å². The van der Waals surface area contributed by atoms with E-state index in [0.717, 1.165) is 4.47 Å². The first-order valence-electron chi connectivity index (χ1n) is 12.0. The Morgan fingerprint density at radius 1 is 1.03 bits per heavy atom. The second-order valence-electron chi connectivity index (χ2n) is 8.85. The first-order valence-corrected chi connectivity index (χ1v) is 13.6. The lowest BCUT2D eigenvalue weighted by molar-refractivity contribution is -0.143. The standard InChI is InChI=1S/C28H29BrN2O7S/c1-14(2)38-27(33)22-15(3)30-28-31(23(22)18-13-17(29)9-11-19(18)34-4)26(32)21(39-28)12-16-8-10-20(35-5)25(37-7)24(16)36-6/h8-14,23H,1-7H3/b21-12-/t23-/m1/s1. The van der Waals surface area contributed by atoms with Gasteiger partial charge in [-0.25, -0.2) is 9.79 Å². The van der Waals surface area contributed by atoms with Crippen LogP contribution in [-0.4, -0.2) is 45.1 Å². The Morgan fingerprint density at radius 2 is 1.69 bits per heavy atom. The van der Waals surface area contributed by atoms with Crippen LogP contribution in [0.5, 0.6) is 23.0 Å². The molecule has 0 saturated carbocycles. The molecule has 0 radical (unpaired) electrons. The molecule has 11 heteroatoms. The topological polar surface area (TPSA) is 97.6 Å². The minimum absolute atomic E-state index is 0.266. The number of rotatable bonds is 8. The third kappa shape index (κ3) is 5.33.